The predicted molar refractivity (Wildman–Crippen MR) is 100 cm³/mol. The van der Waals surface area contributed by atoms with Crippen molar-refractivity contribution in [2.75, 3.05) is 6.61 Å². The molecule has 1 heterocycles. The van der Waals surface area contributed by atoms with Crippen molar-refractivity contribution < 1.29 is 19.1 Å². The fraction of sp³-hybridized carbons (Fsp3) is 0.381. The lowest BCUT2D eigenvalue weighted by Crippen LogP contribution is -2.15. The summed E-state index contributed by atoms with van der Waals surface area (Å²) < 4.78 is 5.14. The molecule has 2 aromatic rings. The number of benzene rings is 1. The second-order valence-corrected chi connectivity index (χ2v) is 6.61. The SMILES string of the molecule is CC[C@H](C)c1ccc(C(=O)COC(=O)c2[nH]c(C)c(C(C)=O)c2C)cc1. The van der Waals surface area contributed by atoms with Crippen molar-refractivity contribution >= 4 is 17.5 Å². The zero-order valence-electron chi connectivity index (χ0n) is 15.9. The highest BCUT2D eigenvalue weighted by Gasteiger charge is 2.21. The van der Waals surface area contributed by atoms with Crippen LogP contribution in [0.3, 0.4) is 0 Å². The minimum absolute atomic E-state index is 0.118. The number of hydrogen-bond donors (Lipinski definition) is 1. The summed E-state index contributed by atoms with van der Waals surface area (Å²) in [6.07, 6.45) is 1.03. The molecule has 0 aliphatic carbocycles. The van der Waals surface area contributed by atoms with Gasteiger partial charge in [-0.15, -0.1) is 0 Å². The maximum atomic E-state index is 12.3. The fourth-order valence-electron chi connectivity index (χ4n) is 3.00. The smallest absolute Gasteiger partial charge is 0.355 e. The van der Waals surface area contributed by atoms with Crippen LogP contribution in [0.4, 0.5) is 0 Å². The van der Waals surface area contributed by atoms with Crippen LogP contribution in [-0.4, -0.2) is 29.1 Å². The molecule has 2 rings (SSSR count). The van der Waals surface area contributed by atoms with Gasteiger partial charge in [-0.25, -0.2) is 4.79 Å². The van der Waals surface area contributed by atoms with Crippen molar-refractivity contribution in [3.8, 4) is 0 Å². The molecule has 1 aromatic heterocycles. The average molecular weight is 355 g/mol. The van der Waals surface area contributed by atoms with E-state index in [2.05, 4.69) is 18.8 Å². The molecule has 0 aliphatic heterocycles. The molecule has 0 unspecified atom stereocenters. The van der Waals surface area contributed by atoms with Crippen LogP contribution in [0.2, 0.25) is 0 Å². The molecule has 0 bridgehead atoms. The minimum Gasteiger partial charge on any atom is -0.453 e. The van der Waals surface area contributed by atoms with Gasteiger partial charge in [0.2, 0.25) is 0 Å². The summed E-state index contributed by atoms with van der Waals surface area (Å²) in [6.45, 7) is 8.77. The van der Waals surface area contributed by atoms with E-state index < -0.39 is 5.97 Å². The van der Waals surface area contributed by atoms with E-state index in [0.29, 0.717) is 28.3 Å². The van der Waals surface area contributed by atoms with E-state index in [9.17, 15) is 14.4 Å². The van der Waals surface area contributed by atoms with Gasteiger partial charge >= 0.3 is 5.97 Å². The molecule has 5 heteroatoms. The normalized spacial score (nSPS) is 11.9. The summed E-state index contributed by atoms with van der Waals surface area (Å²) in [5, 5.41) is 0. The largest absolute Gasteiger partial charge is 0.453 e. The molecule has 0 aliphatic rings. The van der Waals surface area contributed by atoms with Crippen LogP contribution in [0, 0.1) is 13.8 Å². The third kappa shape index (κ3) is 4.10. The van der Waals surface area contributed by atoms with Gasteiger partial charge in [0, 0.05) is 16.8 Å². The molecular formula is C21H25NO4. The number of hydrogen-bond acceptors (Lipinski definition) is 4. The first-order valence-electron chi connectivity index (χ1n) is 8.76. The first-order valence-corrected chi connectivity index (χ1v) is 8.76. The van der Waals surface area contributed by atoms with Crippen LogP contribution in [0.25, 0.3) is 0 Å². The van der Waals surface area contributed by atoms with Gasteiger partial charge in [-0.3, -0.25) is 9.59 Å². The average Bonchev–Trinajstić information content (AvgIpc) is 2.93. The lowest BCUT2D eigenvalue weighted by Gasteiger charge is -2.09. The number of esters is 1. The van der Waals surface area contributed by atoms with Gasteiger partial charge in [-0.05, 0) is 44.2 Å². The quantitative estimate of drug-likeness (QED) is 0.590. The van der Waals surface area contributed by atoms with Gasteiger partial charge < -0.3 is 9.72 Å². The van der Waals surface area contributed by atoms with Gasteiger partial charge in [-0.2, -0.15) is 0 Å². The Morgan fingerprint density at radius 1 is 1.12 bits per heavy atom. The molecule has 0 saturated carbocycles. The first kappa shape index (κ1) is 19.6. The molecular weight excluding hydrogens is 330 g/mol. The Balaban J connectivity index is 2.04. The van der Waals surface area contributed by atoms with Crippen molar-refractivity contribution in [3.05, 3.63) is 57.9 Å². The van der Waals surface area contributed by atoms with Gasteiger partial charge in [-0.1, -0.05) is 38.1 Å². The number of H-pyrrole nitrogens is 1. The van der Waals surface area contributed by atoms with Crippen LogP contribution in [0.15, 0.2) is 24.3 Å². The van der Waals surface area contributed by atoms with E-state index >= 15 is 0 Å². The summed E-state index contributed by atoms with van der Waals surface area (Å²) in [6, 6.07) is 7.38. The highest BCUT2D eigenvalue weighted by atomic mass is 16.5. The Morgan fingerprint density at radius 2 is 1.73 bits per heavy atom. The molecule has 0 saturated heterocycles. The van der Waals surface area contributed by atoms with Gasteiger partial charge in [0.1, 0.15) is 5.69 Å². The van der Waals surface area contributed by atoms with E-state index in [1.54, 1.807) is 26.0 Å². The topological polar surface area (TPSA) is 76.2 Å². The number of carbonyl (C=O) groups excluding carboxylic acids is 3. The third-order valence-electron chi connectivity index (χ3n) is 4.74. The highest BCUT2D eigenvalue weighted by Crippen LogP contribution is 2.20. The van der Waals surface area contributed by atoms with Gasteiger partial charge in [0.05, 0.1) is 0 Å². The standard InChI is InChI=1S/C21H25NO4/c1-6-12(2)16-7-9-17(10-8-16)18(24)11-26-21(25)20-13(3)19(15(5)23)14(4)22-20/h7-10,12,22H,6,11H2,1-5H3/t12-/m0/s1. The Bertz CT molecular complexity index is 830. The zero-order chi connectivity index (χ0) is 19.4. The molecule has 1 atom stereocenters. The van der Waals surface area contributed by atoms with E-state index in [1.807, 2.05) is 12.1 Å². The number of rotatable bonds is 7. The van der Waals surface area contributed by atoms with Crippen LogP contribution in [0.5, 0.6) is 0 Å². The molecule has 1 aromatic carbocycles. The van der Waals surface area contributed by atoms with Crippen molar-refractivity contribution in [1.29, 1.82) is 0 Å². The van der Waals surface area contributed by atoms with Crippen LogP contribution in [-0.2, 0) is 4.74 Å². The fourth-order valence-corrected chi connectivity index (χ4v) is 3.00. The predicted octanol–water partition coefficient (Wildman–Crippen LogP) is 4.39. The number of carbonyl (C=O) groups is 3. The van der Waals surface area contributed by atoms with E-state index in [0.717, 1.165) is 6.42 Å². The minimum atomic E-state index is -0.636. The number of aromatic nitrogens is 1. The van der Waals surface area contributed by atoms with Crippen LogP contribution in [0.1, 0.15) is 81.1 Å². The van der Waals surface area contributed by atoms with E-state index in [1.165, 1.54) is 12.5 Å². The molecule has 138 valence electrons. The molecule has 26 heavy (non-hydrogen) atoms. The van der Waals surface area contributed by atoms with Crippen molar-refractivity contribution in [2.45, 2.75) is 47.0 Å². The Labute approximate surface area is 153 Å². The lowest BCUT2D eigenvalue weighted by atomic mass is 9.97. The van der Waals surface area contributed by atoms with Crippen LogP contribution < -0.4 is 0 Å². The zero-order valence-corrected chi connectivity index (χ0v) is 15.9. The van der Waals surface area contributed by atoms with Crippen molar-refractivity contribution in [2.24, 2.45) is 0 Å². The third-order valence-corrected chi connectivity index (χ3v) is 4.74. The maximum absolute atomic E-state index is 12.3. The number of Topliss-reactive ketones (excluding diaryl/α,β-unsaturated/α-hetero) is 2. The molecule has 0 spiro atoms. The van der Waals surface area contributed by atoms with E-state index in [4.69, 9.17) is 4.74 Å². The molecule has 5 nitrogen and oxygen atoms in total. The Morgan fingerprint density at radius 3 is 2.23 bits per heavy atom. The summed E-state index contributed by atoms with van der Waals surface area (Å²) in [5.41, 5.74) is 3.56. The first-order chi connectivity index (χ1) is 12.3. The molecule has 0 fully saturated rings. The van der Waals surface area contributed by atoms with Crippen molar-refractivity contribution in [1.82, 2.24) is 4.98 Å². The second kappa shape index (κ2) is 8.13. The van der Waals surface area contributed by atoms with Crippen molar-refractivity contribution in [3.63, 3.8) is 0 Å². The summed E-state index contributed by atoms with van der Waals surface area (Å²) >= 11 is 0. The Kier molecular flexibility index (Phi) is 6.14. The number of ketones is 2. The summed E-state index contributed by atoms with van der Waals surface area (Å²) in [5.74, 6) is -0.580. The molecule has 0 amide bonds. The maximum Gasteiger partial charge on any atom is 0.355 e. The number of aromatic amines is 1. The Hall–Kier alpha value is -2.69. The summed E-state index contributed by atoms with van der Waals surface area (Å²) in [7, 11) is 0. The van der Waals surface area contributed by atoms with Gasteiger partial charge in [0.25, 0.3) is 0 Å². The number of aryl methyl sites for hydroxylation is 1. The highest BCUT2D eigenvalue weighted by molar-refractivity contribution is 6.02. The lowest BCUT2D eigenvalue weighted by molar-refractivity contribution is 0.0468. The molecule has 0 radical (unpaired) electrons. The number of nitrogens with one attached hydrogen (secondary N) is 1. The second-order valence-electron chi connectivity index (χ2n) is 6.61. The van der Waals surface area contributed by atoms with E-state index in [-0.39, 0.29) is 23.9 Å². The monoisotopic (exact) mass is 355 g/mol. The number of ether oxygens (including phenoxy) is 1. The van der Waals surface area contributed by atoms with Crippen LogP contribution >= 0.6 is 0 Å². The van der Waals surface area contributed by atoms with Gasteiger partial charge in [0.15, 0.2) is 18.2 Å². The molecule has 1 N–H and O–H groups in total. The summed E-state index contributed by atoms with van der Waals surface area (Å²) in [4.78, 5) is 39.0.